The predicted molar refractivity (Wildman–Crippen MR) is 122 cm³/mol. The zero-order valence-electron chi connectivity index (χ0n) is 16.5. The quantitative estimate of drug-likeness (QED) is 0.249. The second-order valence-corrected chi connectivity index (χ2v) is 7.96. The molecule has 1 amide bonds. The highest BCUT2D eigenvalue weighted by molar-refractivity contribution is 7.99. The normalized spacial score (nSPS) is 11.2. The molecule has 0 aliphatic heterocycles. The van der Waals surface area contributed by atoms with Crippen LogP contribution in [0, 0.1) is 6.92 Å². The Morgan fingerprint density at radius 3 is 2.65 bits per heavy atom. The molecule has 1 N–H and O–H groups in total. The molecule has 0 radical (unpaired) electrons. The van der Waals surface area contributed by atoms with Crippen LogP contribution in [0.5, 0.6) is 0 Å². The first-order valence-corrected chi connectivity index (χ1v) is 10.7. The van der Waals surface area contributed by atoms with E-state index in [0.29, 0.717) is 21.8 Å². The maximum absolute atomic E-state index is 12.2. The molecule has 2 heterocycles. The molecule has 2 aromatic carbocycles. The molecule has 0 spiro atoms. The van der Waals surface area contributed by atoms with Gasteiger partial charge in [0.25, 0.3) is 5.91 Å². The summed E-state index contributed by atoms with van der Waals surface area (Å²) < 4.78 is 7.04. The number of thioether (sulfide) groups is 1. The summed E-state index contributed by atoms with van der Waals surface area (Å²) in [6, 6.07) is 18.9. The molecule has 7 nitrogen and oxygen atoms in total. The summed E-state index contributed by atoms with van der Waals surface area (Å²) in [5, 5.41) is 13.8. The molecule has 0 fully saturated rings. The number of hydrogen-bond acceptors (Lipinski definition) is 6. The third kappa shape index (κ3) is 5.22. The lowest BCUT2D eigenvalue weighted by molar-refractivity contribution is -0.118. The van der Waals surface area contributed by atoms with E-state index in [1.54, 1.807) is 24.3 Å². The van der Waals surface area contributed by atoms with Crippen LogP contribution < -0.4 is 5.43 Å². The van der Waals surface area contributed by atoms with Crippen molar-refractivity contribution < 1.29 is 9.21 Å². The van der Waals surface area contributed by atoms with Gasteiger partial charge in [-0.05, 0) is 43.3 Å². The van der Waals surface area contributed by atoms with Crippen LogP contribution in [-0.4, -0.2) is 32.6 Å². The monoisotopic (exact) mass is 451 g/mol. The lowest BCUT2D eigenvalue weighted by Crippen LogP contribution is -2.19. The first-order chi connectivity index (χ1) is 15.1. The Balaban J connectivity index is 1.54. The lowest BCUT2D eigenvalue weighted by atomic mass is 10.1. The number of nitrogens with one attached hydrogen (secondary N) is 1. The molecule has 0 aliphatic rings. The highest BCUT2D eigenvalue weighted by atomic mass is 35.5. The number of rotatable bonds is 7. The summed E-state index contributed by atoms with van der Waals surface area (Å²) in [7, 11) is 0. The number of aryl methyl sites for hydroxylation is 1. The Labute approximate surface area is 188 Å². The minimum atomic E-state index is -0.268. The van der Waals surface area contributed by atoms with Gasteiger partial charge in [0.05, 0.1) is 18.2 Å². The molecule has 0 saturated heterocycles. The number of carbonyl (C=O) groups is 1. The predicted octanol–water partition coefficient (Wildman–Crippen LogP) is 4.73. The van der Waals surface area contributed by atoms with E-state index in [0.717, 1.165) is 16.8 Å². The second-order valence-electron chi connectivity index (χ2n) is 6.58. The van der Waals surface area contributed by atoms with Gasteiger partial charge in [0.1, 0.15) is 5.76 Å². The van der Waals surface area contributed by atoms with Gasteiger partial charge in [0.2, 0.25) is 0 Å². The van der Waals surface area contributed by atoms with Gasteiger partial charge in [-0.15, -0.1) is 10.2 Å². The molecule has 0 bridgehead atoms. The Bertz CT molecular complexity index is 1190. The minimum absolute atomic E-state index is 0.120. The molecule has 156 valence electrons. The van der Waals surface area contributed by atoms with E-state index >= 15 is 0 Å². The van der Waals surface area contributed by atoms with Crippen molar-refractivity contribution in [1.82, 2.24) is 20.2 Å². The van der Waals surface area contributed by atoms with Gasteiger partial charge >= 0.3 is 0 Å². The topological polar surface area (TPSA) is 85.3 Å². The molecule has 0 aliphatic carbocycles. The van der Waals surface area contributed by atoms with E-state index in [4.69, 9.17) is 16.0 Å². The average Bonchev–Trinajstić information content (AvgIpc) is 3.43. The largest absolute Gasteiger partial charge is 0.463 e. The van der Waals surface area contributed by atoms with E-state index in [-0.39, 0.29) is 11.7 Å². The van der Waals surface area contributed by atoms with Crippen molar-refractivity contribution >= 4 is 35.5 Å². The van der Waals surface area contributed by atoms with Gasteiger partial charge in [-0.25, -0.2) is 5.43 Å². The molecule has 0 saturated carbocycles. The van der Waals surface area contributed by atoms with Crippen LogP contribution in [0.2, 0.25) is 5.02 Å². The van der Waals surface area contributed by atoms with Crippen LogP contribution >= 0.6 is 23.4 Å². The fourth-order valence-corrected chi connectivity index (χ4v) is 3.64. The molecule has 2 aromatic heterocycles. The van der Waals surface area contributed by atoms with Crippen molar-refractivity contribution in [2.45, 2.75) is 12.1 Å². The van der Waals surface area contributed by atoms with Crippen molar-refractivity contribution in [1.29, 1.82) is 0 Å². The van der Waals surface area contributed by atoms with Gasteiger partial charge < -0.3 is 4.42 Å². The highest BCUT2D eigenvalue weighted by Gasteiger charge is 2.17. The molecular formula is C22H18ClN5O2S. The van der Waals surface area contributed by atoms with Crippen molar-refractivity contribution in [2.75, 3.05) is 5.75 Å². The van der Waals surface area contributed by atoms with Crippen molar-refractivity contribution in [3.8, 4) is 17.1 Å². The summed E-state index contributed by atoms with van der Waals surface area (Å²) >= 11 is 7.32. The number of hydrazone groups is 1. The Morgan fingerprint density at radius 2 is 1.94 bits per heavy atom. The van der Waals surface area contributed by atoms with Gasteiger partial charge in [0, 0.05) is 16.3 Å². The van der Waals surface area contributed by atoms with Gasteiger partial charge in [-0.3, -0.25) is 9.36 Å². The zero-order chi connectivity index (χ0) is 21.6. The molecule has 31 heavy (non-hydrogen) atoms. The maximum atomic E-state index is 12.2. The highest BCUT2D eigenvalue weighted by Crippen LogP contribution is 2.28. The van der Waals surface area contributed by atoms with Gasteiger partial charge in [-0.1, -0.05) is 53.2 Å². The number of aromatic nitrogens is 3. The van der Waals surface area contributed by atoms with Crippen LogP contribution in [-0.2, 0) is 4.79 Å². The van der Waals surface area contributed by atoms with E-state index in [2.05, 4.69) is 20.7 Å². The van der Waals surface area contributed by atoms with E-state index in [1.165, 1.54) is 24.2 Å². The number of furan rings is 1. The third-order valence-corrected chi connectivity index (χ3v) is 5.47. The molecule has 0 unspecified atom stereocenters. The third-order valence-electron chi connectivity index (χ3n) is 4.28. The van der Waals surface area contributed by atoms with Crippen molar-refractivity contribution in [2.24, 2.45) is 5.10 Å². The smallest absolute Gasteiger partial charge is 0.250 e. The van der Waals surface area contributed by atoms with Crippen LogP contribution in [0.4, 0.5) is 0 Å². The Kier molecular flexibility index (Phi) is 6.49. The summed E-state index contributed by atoms with van der Waals surface area (Å²) in [5.41, 5.74) is 5.41. The standard InChI is InChI=1S/C22H18ClN5O2S/c1-15-4-6-16(7-5-15)21-26-27-22(28(21)18-10-8-17(23)9-11-18)31-14-20(29)25-24-13-19-3-2-12-30-19/h2-13H,14H2,1H3,(H,25,29)/b24-13+. The first kappa shape index (κ1) is 20.9. The molecule has 4 aromatic rings. The maximum Gasteiger partial charge on any atom is 0.250 e. The minimum Gasteiger partial charge on any atom is -0.463 e. The molecule has 4 rings (SSSR count). The summed E-state index contributed by atoms with van der Waals surface area (Å²) in [6.07, 6.45) is 2.97. The van der Waals surface area contributed by atoms with Gasteiger partial charge in [-0.2, -0.15) is 5.10 Å². The fraction of sp³-hybridized carbons (Fsp3) is 0.0909. The molecule has 9 heteroatoms. The second kappa shape index (κ2) is 9.63. The van der Waals surface area contributed by atoms with Crippen LogP contribution in [0.1, 0.15) is 11.3 Å². The number of hydrogen-bond donors (Lipinski definition) is 1. The zero-order valence-corrected chi connectivity index (χ0v) is 18.1. The van der Waals surface area contributed by atoms with Crippen LogP contribution in [0.3, 0.4) is 0 Å². The fourth-order valence-electron chi connectivity index (χ4n) is 2.77. The number of nitrogens with zero attached hydrogens (tertiary/aromatic N) is 4. The lowest BCUT2D eigenvalue weighted by Gasteiger charge is -2.10. The summed E-state index contributed by atoms with van der Waals surface area (Å²) in [5.74, 6) is 1.09. The summed E-state index contributed by atoms with van der Waals surface area (Å²) in [4.78, 5) is 12.2. The Morgan fingerprint density at radius 1 is 1.16 bits per heavy atom. The van der Waals surface area contributed by atoms with E-state index < -0.39 is 0 Å². The SMILES string of the molecule is Cc1ccc(-c2nnc(SCC(=O)N/N=C/c3ccco3)n2-c2ccc(Cl)cc2)cc1. The number of halogens is 1. The number of benzene rings is 2. The van der Waals surface area contributed by atoms with Crippen molar-refractivity contribution in [3.05, 3.63) is 83.3 Å². The van der Waals surface area contributed by atoms with Gasteiger partial charge in [0.15, 0.2) is 11.0 Å². The molecular weight excluding hydrogens is 434 g/mol. The first-order valence-electron chi connectivity index (χ1n) is 9.37. The van der Waals surface area contributed by atoms with E-state index in [1.807, 2.05) is 47.9 Å². The molecule has 0 atom stereocenters. The van der Waals surface area contributed by atoms with Crippen molar-refractivity contribution in [3.63, 3.8) is 0 Å². The number of carbonyl (C=O) groups excluding carboxylic acids is 1. The average molecular weight is 452 g/mol. The number of amides is 1. The van der Waals surface area contributed by atoms with E-state index in [9.17, 15) is 4.79 Å². The van der Waals surface area contributed by atoms with Crippen LogP contribution in [0.15, 0.2) is 81.6 Å². The van der Waals surface area contributed by atoms with Crippen LogP contribution in [0.25, 0.3) is 17.1 Å². The Hall–Kier alpha value is -3.36. The summed E-state index contributed by atoms with van der Waals surface area (Å²) in [6.45, 7) is 2.03.